The van der Waals surface area contributed by atoms with E-state index < -0.39 is 5.97 Å². The lowest BCUT2D eigenvalue weighted by Crippen LogP contribution is -1.97. The number of H-pyrrole nitrogens is 1. The molecule has 0 unspecified atom stereocenters. The van der Waals surface area contributed by atoms with E-state index in [1.54, 1.807) is 0 Å². The second-order valence-corrected chi connectivity index (χ2v) is 2.85. The molecule has 0 aromatic carbocycles. The van der Waals surface area contributed by atoms with Crippen LogP contribution in [0.1, 0.15) is 5.82 Å². The summed E-state index contributed by atoms with van der Waals surface area (Å²) in [7, 11) is 0. The normalized spacial score (nSPS) is 10.1. The van der Waals surface area contributed by atoms with E-state index in [-0.39, 0.29) is 12.4 Å². The molecule has 1 rings (SSSR count). The molecule has 7 heteroatoms. The maximum Gasteiger partial charge on any atom is 0.313 e. The number of aliphatic hydroxyl groups is 1. The van der Waals surface area contributed by atoms with Crippen LogP contribution in [0.4, 0.5) is 0 Å². The summed E-state index contributed by atoms with van der Waals surface area (Å²) in [4.78, 5) is 13.9. The van der Waals surface area contributed by atoms with Crippen LogP contribution in [-0.2, 0) is 11.4 Å². The van der Waals surface area contributed by atoms with Crippen LogP contribution in [0.2, 0.25) is 0 Å². The highest BCUT2D eigenvalue weighted by atomic mass is 32.2. The van der Waals surface area contributed by atoms with Crippen LogP contribution in [-0.4, -0.2) is 37.1 Å². The molecule has 0 aliphatic heterocycles. The predicted octanol–water partition coefficient (Wildman–Crippen LogP) is -0.526. The number of aliphatic hydroxyl groups excluding tert-OH is 1. The van der Waals surface area contributed by atoms with Crippen LogP contribution in [0, 0.1) is 0 Å². The first kappa shape index (κ1) is 9.01. The molecule has 0 saturated heterocycles. The van der Waals surface area contributed by atoms with Crippen LogP contribution >= 0.6 is 11.8 Å². The van der Waals surface area contributed by atoms with Crippen molar-refractivity contribution in [2.75, 3.05) is 5.75 Å². The van der Waals surface area contributed by atoms with Crippen LogP contribution in [0.5, 0.6) is 0 Å². The van der Waals surface area contributed by atoms with Gasteiger partial charge in [0, 0.05) is 0 Å². The highest BCUT2D eigenvalue weighted by Crippen LogP contribution is 2.11. The van der Waals surface area contributed by atoms with Gasteiger partial charge in [-0.3, -0.25) is 9.89 Å². The molecule has 0 aliphatic carbocycles. The van der Waals surface area contributed by atoms with E-state index in [2.05, 4.69) is 15.2 Å². The standard InChI is InChI=1S/C5H7N3O3S/c9-1-3-6-5(8-7-3)12-2-4(10)11/h9H,1-2H2,(H,10,11)(H,6,7,8). The summed E-state index contributed by atoms with van der Waals surface area (Å²) in [5.74, 6) is -0.666. The lowest BCUT2D eigenvalue weighted by atomic mass is 10.7. The molecule has 3 N–H and O–H groups in total. The van der Waals surface area contributed by atoms with Gasteiger partial charge in [-0.1, -0.05) is 11.8 Å². The van der Waals surface area contributed by atoms with E-state index in [9.17, 15) is 4.79 Å². The zero-order chi connectivity index (χ0) is 8.97. The van der Waals surface area contributed by atoms with Gasteiger partial charge in [-0.2, -0.15) is 0 Å². The fourth-order valence-corrected chi connectivity index (χ4v) is 1.08. The summed E-state index contributed by atoms with van der Waals surface area (Å²) in [6.07, 6.45) is 0. The molecule has 0 atom stereocenters. The zero-order valence-corrected chi connectivity index (χ0v) is 6.84. The molecule has 0 fully saturated rings. The van der Waals surface area contributed by atoms with E-state index in [0.717, 1.165) is 11.8 Å². The molecule has 0 spiro atoms. The predicted molar refractivity (Wildman–Crippen MR) is 40.7 cm³/mol. The maximum absolute atomic E-state index is 10.1. The van der Waals surface area contributed by atoms with Crippen molar-refractivity contribution in [1.29, 1.82) is 0 Å². The van der Waals surface area contributed by atoms with E-state index >= 15 is 0 Å². The first-order valence-electron chi connectivity index (χ1n) is 3.09. The zero-order valence-electron chi connectivity index (χ0n) is 6.02. The number of rotatable bonds is 4. The van der Waals surface area contributed by atoms with Gasteiger partial charge in [0.25, 0.3) is 0 Å². The van der Waals surface area contributed by atoms with E-state index in [0.29, 0.717) is 11.0 Å². The average Bonchev–Trinajstić information content (AvgIpc) is 2.48. The molecule has 0 aliphatic rings. The first-order valence-corrected chi connectivity index (χ1v) is 4.07. The highest BCUT2D eigenvalue weighted by Gasteiger charge is 2.04. The third kappa shape index (κ3) is 2.51. The van der Waals surface area contributed by atoms with Gasteiger partial charge in [-0.05, 0) is 0 Å². The van der Waals surface area contributed by atoms with E-state index in [1.165, 1.54) is 0 Å². The molecular weight excluding hydrogens is 182 g/mol. The lowest BCUT2D eigenvalue weighted by molar-refractivity contribution is -0.133. The number of aromatic amines is 1. The van der Waals surface area contributed by atoms with Gasteiger partial charge in [0.1, 0.15) is 6.61 Å². The second kappa shape index (κ2) is 4.07. The number of nitrogens with zero attached hydrogens (tertiary/aromatic N) is 2. The summed E-state index contributed by atoms with van der Waals surface area (Å²) < 4.78 is 0. The van der Waals surface area contributed by atoms with Crippen molar-refractivity contribution in [3.05, 3.63) is 5.82 Å². The third-order valence-corrected chi connectivity index (χ3v) is 1.82. The van der Waals surface area contributed by atoms with Gasteiger partial charge in [0.05, 0.1) is 5.75 Å². The Hall–Kier alpha value is -1.08. The summed E-state index contributed by atoms with van der Waals surface area (Å²) in [6.45, 7) is -0.222. The minimum absolute atomic E-state index is 0.0806. The van der Waals surface area contributed by atoms with Crippen molar-refractivity contribution in [2.24, 2.45) is 0 Å². The van der Waals surface area contributed by atoms with Crippen LogP contribution < -0.4 is 0 Å². The average molecular weight is 189 g/mol. The molecule has 66 valence electrons. The van der Waals surface area contributed by atoms with Gasteiger partial charge in [-0.25, -0.2) is 4.98 Å². The Morgan fingerprint density at radius 2 is 2.42 bits per heavy atom. The topological polar surface area (TPSA) is 99.1 Å². The summed E-state index contributed by atoms with van der Waals surface area (Å²) in [6, 6.07) is 0. The fourth-order valence-electron chi connectivity index (χ4n) is 0.539. The second-order valence-electron chi connectivity index (χ2n) is 1.91. The molecule has 12 heavy (non-hydrogen) atoms. The monoisotopic (exact) mass is 189 g/mol. The minimum Gasteiger partial charge on any atom is -0.481 e. The van der Waals surface area contributed by atoms with Gasteiger partial charge in [-0.15, -0.1) is 5.10 Å². The Bertz CT molecular complexity index is 275. The number of hydrogen-bond acceptors (Lipinski definition) is 5. The van der Waals surface area contributed by atoms with E-state index in [1.807, 2.05) is 0 Å². The number of aliphatic carboxylic acids is 1. The third-order valence-electron chi connectivity index (χ3n) is 0.986. The van der Waals surface area contributed by atoms with Gasteiger partial charge >= 0.3 is 5.97 Å². The Kier molecular flexibility index (Phi) is 3.06. The van der Waals surface area contributed by atoms with E-state index in [4.69, 9.17) is 10.2 Å². The lowest BCUT2D eigenvalue weighted by Gasteiger charge is -1.87. The SMILES string of the molecule is O=C(O)CSc1n[nH]c(CO)n1. The van der Waals surface area contributed by atoms with Gasteiger partial charge in [0.2, 0.25) is 5.16 Å². The van der Waals surface area contributed by atoms with Gasteiger partial charge in [0.15, 0.2) is 5.82 Å². The smallest absolute Gasteiger partial charge is 0.313 e. The van der Waals surface area contributed by atoms with Crippen LogP contribution in [0.25, 0.3) is 0 Å². The Balaban J connectivity index is 2.47. The highest BCUT2D eigenvalue weighted by molar-refractivity contribution is 7.99. The molecule has 6 nitrogen and oxygen atoms in total. The first-order chi connectivity index (χ1) is 5.72. The number of aromatic nitrogens is 3. The Labute approximate surface area is 72.0 Å². The molecule has 0 saturated carbocycles. The van der Waals surface area contributed by atoms with Crippen LogP contribution in [0.15, 0.2) is 5.16 Å². The van der Waals surface area contributed by atoms with Crippen molar-refractivity contribution < 1.29 is 15.0 Å². The largest absolute Gasteiger partial charge is 0.481 e. The molecule has 0 bridgehead atoms. The molecule has 0 radical (unpaired) electrons. The van der Waals surface area contributed by atoms with Crippen molar-refractivity contribution in [1.82, 2.24) is 15.2 Å². The summed E-state index contributed by atoms with van der Waals surface area (Å²) >= 11 is 1.00. The molecule has 1 aromatic heterocycles. The van der Waals surface area contributed by atoms with Crippen molar-refractivity contribution in [3.8, 4) is 0 Å². The number of carboxylic acids is 1. The number of thioether (sulfide) groups is 1. The minimum atomic E-state index is -0.921. The quantitative estimate of drug-likeness (QED) is 0.551. The number of carbonyl (C=O) groups is 1. The maximum atomic E-state index is 10.1. The molecule has 0 amide bonds. The molecule has 1 aromatic rings. The van der Waals surface area contributed by atoms with Crippen molar-refractivity contribution in [2.45, 2.75) is 11.8 Å². The van der Waals surface area contributed by atoms with Crippen molar-refractivity contribution in [3.63, 3.8) is 0 Å². The number of nitrogens with one attached hydrogen (secondary N) is 1. The van der Waals surface area contributed by atoms with Crippen LogP contribution in [0.3, 0.4) is 0 Å². The number of hydrogen-bond donors (Lipinski definition) is 3. The molecular formula is C5H7N3O3S. The summed E-state index contributed by atoms with van der Waals surface area (Å²) in [5.41, 5.74) is 0. The van der Waals surface area contributed by atoms with Gasteiger partial charge < -0.3 is 10.2 Å². The molecule has 1 heterocycles. The number of carboxylic acid groups (broad SMARTS) is 1. The fraction of sp³-hybridized carbons (Fsp3) is 0.400. The Morgan fingerprint density at radius 1 is 1.67 bits per heavy atom. The van der Waals surface area contributed by atoms with Crippen molar-refractivity contribution >= 4 is 17.7 Å². The summed E-state index contributed by atoms with van der Waals surface area (Å²) in [5, 5.41) is 23.3. The Morgan fingerprint density at radius 3 is 2.92 bits per heavy atom.